The lowest BCUT2D eigenvalue weighted by atomic mass is 9.99. The Labute approximate surface area is 170 Å². The molecule has 0 spiro atoms. The first kappa shape index (κ1) is 24.1. The monoisotopic (exact) mass is 406 g/mol. The molecule has 1 aromatic carbocycles. The van der Waals surface area contributed by atoms with Crippen molar-refractivity contribution < 1.29 is 24.3 Å². The minimum Gasteiger partial charge on any atom is -0.480 e. The number of nitrogens with two attached hydrogens (primary N) is 1. The zero-order valence-electron chi connectivity index (χ0n) is 17.0. The Morgan fingerprint density at radius 1 is 1.03 bits per heavy atom. The number of carboxylic acid groups (broad SMARTS) is 1. The van der Waals surface area contributed by atoms with Gasteiger partial charge in [0.05, 0.1) is 12.6 Å². The van der Waals surface area contributed by atoms with Crippen LogP contribution in [0.2, 0.25) is 0 Å². The molecule has 0 aliphatic rings. The fraction of sp³-hybridized carbons (Fsp3) is 0.500. The van der Waals surface area contributed by atoms with Crippen molar-refractivity contribution in [1.82, 2.24) is 16.0 Å². The zero-order chi connectivity index (χ0) is 22.0. The molecule has 0 radical (unpaired) electrons. The first-order valence-corrected chi connectivity index (χ1v) is 9.55. The van der Waals surface area contributed by atoms with Crippen LogP contribution < -0.4 is 21.7 Å². The van der Waals surface area contributed by atoms with Crippen molar-refractivity contribution in [3.05, 3.63) is 35.9 Å². The maximum Gasteiger partial charge on any atom is 0.326 e. The van der Waals surface area contributed by atoms with Crippen molar-refractivity contribution >= 4 is 23.7 Å². The molecule has 1 aromatic rings. The first-order chi connectivity index (χ1) is 13.6. The third kappa shape index (κ3) is 8.30. The van der Waals surface area contributed by atoms with Gasteiger partial charge in [-0.25, -0.2) is 4.79 Å². The van der Waals surface area contributed by atoms with Gasteiger partial charge in [-0.3, -0.25) is 14.4 Å². The van der Waals surface area contributed by atoms with Gasteiger partial charge in [-0.05, 0) is 18.4 Å². The maximum atomic E-state index is 12.1. The summed E-state index contributed by atoms with van der Waals surface area (Å²) in [6, 6.07) is 6.16. The molecule has 0 heterocycles. The van der Waals surface area contributed by atoms with E-state index in [1.165, 1.54) is 6.92 Å². The standard InChI is InChI=1S/C20H30N4O5/c1-4-12(2)17(21)19(27)23-13(3)18(26)22-11-16(25)24-15(20(28)29)10-14-8-6-5-7-9-14/h5-9,12-13,15,17H,4,10-11,21H2,1-3H3,(H,22,26)(H,23,27)(H,24,25)(H,28,29)/t12-,13-,15-,17-/m0/s1. The van der Waals surface area contributed by atoms with Crippen LogP contribution in [0.5, 0.6) is 0 Å². The summed E-state index contributed by atoms with van der Waals surface area (Å²) in [6.07, 6.45) is 0.846. The molecule has 0 fully saturated rings. The van der Waals surface area contributed by atoms with Crippen LogP contribution in [0.25, 0.3) is 0 Å². The molecule has 0 saturated carbocycles. The summed E-state index contributed by atoms with van der Waals surface area (Å²) in [7, 11) is 0. The van der Waals surface area contributed by atoms with Crippen molar-refractivity contribution in [3.8, 4) is 0 Å². The van der Waals surface area contributed by atoms with E-state index in [9.17, 15) is 24.3 Å². The number of nitrogens with one attached hydrogen (secondary N) is 3. The normalized spacial score (nSPS) is 14.8. The van der Waals surface area contributed by atoms with E-state index >= 15 is 0 Å². The van der Waals surface area contributed by atoms with Crippen LogP contribution in [-0.4, -0.2) is 53.5 Å². The molecular weight excluding hydrogens is 376 g/mol. The number of carbonyl (C=O) groups is 4. The minimum absolute atomic E-state index is 0.0337. The van der Waals surface area contributed by atoms with Crippen LogP contribution in [0, 0.1) is 5.92 Å². The van der Waals surface area contributed by atoms with Gasteiger partial charge >= 0.3 is 5.97 Å². The fourth-order valence-electron chi connectivity index (χ4n) is 2.50. The van der Waals surface area contributed by atoms with Crippen LogP contribution >= 0.6 is 0 Å². The summed E-state index contributed by atoms with van der Waals surface area (Å²) >= 11 is 0. The van der Waals surface area contributed by atoms with Crippen LogP contribution in [0.1, 0.15) is 32.8 Å². The lowest BCUT2D eigenvalue weighted by Gasteiger charge is -2.21. The number of amides is 3. The SMILES string of the molecule is CC[C@H](C)[C@H](N)C(=O)N[C@@H](C)C(=O)NCC(=O)N[C@@H](Cc1ccccc1)C(=O)O. The summed E-state index contributed by atoms with van der Waals surface area (Å²) in [4.78, 5) is 47.5. The van der Waals surface area contributed by atoms with E-state index < -0.39 is 48.4 Å². The van der Waals surface area contributed by atoms with E-state index in [2.05, 4.69) is 16.0 Å². The average molecular weight is 406 g/mol. The van der Waals surface area contributed by atoms with Gasteiger partial charge < -0.3 is 26.8 Å². The Bertz CT molecular complexity index is 710. The molecule has 0 saturated heterocycles. The molecule has 3 amide bonds. The van der Waals surface area contributed by atoms with Crippen LogP contribution in [0.4, 0.5) is 0 Å². The summed E-state index contributed by atoms with van der Waals surface area (Å²) in [5.74, 6) is -2.86. The number of hydrogen-bond acceptors (Lipinski definition) is 5. The molecule has 9 heteroatoms. The molecule has 0 unspecified atom stereocenters. The lowest BCUT2D eigenvalue weighted by Crippen LogP contribution is -2.53. The number of benzene rings is 1. The molecular formula is C20H30N4O5. The predicted octanol–water partition coefficient (Wildman–Crippen LogP) is -0.207. The van der Waals surface area contributed by atoms with Gasteiger partial charge in [0.25, 0.3) is 0 Å². The second-order valence-corrected chi connectivity index (χ2v) is 7.01. The van der Waals surface area contributed by atoms with E-state index in [0.29, 0.717) is 0 Å². The number of carbonyl (C=O) groups excluding carboxylic acids is 3. The minimum atomic E-state index is -1.17. The van der Waals surface area contributed by atoms with Crippen molar-refractivity contribution in [2.75, 3.05) is 6.54 Å². The van der Waals surface area contributed by atoms with E-state index in [1.54, 1.807) is 24.3 Å². The van der Waals surface area contributed by atoms with Crippen molar-refractivity contribution in [1.29, 1.82) is 0 Å². The Balaban J connectivity index is 2.49. The van der Waals surface area contributed by atoms with Gasteiger partial charge in [0.1, 0.15) is 12.1 Å². The smallest absolute Gasteiger partial charge is 0.326 e. The highest BCUT2D eigenvalue weighted by molar-refractivity contribution is 5.92. The summed E-state index contributed by atoms with van der Waals surface area (Å²) in [5.41, 5.74) is 6.59. The Morgan fingerprint density at radius 2 is 1.66 bits per heavy atom. The van der Waals surface area contributed by atoms with Gasteiger partial charge in [-0.15, -0.1) is 0 Å². The molecule has 0 bridgehead atoms. The van der Waals surface area contributed by atoms with Crippen molar-refractivity contribution in [3.63, 3.8) is 0 Å². The zero-order valence-corrected chi connectivity index (χ0v) is 17.0. The van der Waals surface area contributed by atoms with Gasteiger partial charge in [-0.2, -0.15) is 0 Å². The highest BCUT2D eigenvalue weighted by Gasteiger charge is 2.24. The van der Waals surface area contributed by atoms with Gasteiger partial charge in [0.15, 0.2) is 0 Å². The summed E-state index contributed by atoms with van der Waals surface area (Å²) < 4.78 is 0. The number of aliphatic carboxylic acids is 1. The Kier molecular flexibility index (Phi) is 9.81. The predicted molar refractivity (Wildman–Crippen MR) is 108 cm³/mol. The molecule has 4 atom stereocenters. The third-order valence-electron chi connectivity index (χ3n) is 4.65. The largest absolute Gasteiger partial charge is 0.480 e. The number of rotatable bonds is 11. The number of hydrogen-bond donors (Lipinski definition) is 5. The summed E-state index contributed by atoms with van der Waals surface area (Å²) in [6.45, 7) is 4.82. The second-order valence-electron chi connectivity index (χ2n) is 7.01. The first-order valence-electron chi connectivity index (χ1n) is 9.55. The second kappa shape index (κ2) is 11.8. The van der Waals surface area contributed by atoms with E-state index in [1.807, 2.05) is 19.9 Å². The van der Waals surface area contributed by atoms with E-state index in [0.717, 1.165) is 12.0 Å². The quantitative estimate of drug-likeness (QED) is 0.343. The molecule has 6 N–H and O–H groups in total. The van der Waals surface area contributed by atoms with E-state index in [4.69, 9.17) is 5.73 Å². The molecule has 1 rings (SSSR count). The molecule has 0 aliphatic heterocycles. The van der Waals surface area contributed by atoms with Gasteiger partial charge in [-0.1, -0.05) is 50.6 Å². The van der Waals surface area contributed by atoms with Crippen molar-refractivity contribution in [2.45, 2.75) is 51.7 Å². The van der Waals surface area contributed by atoms with Gasteiger partial charge in [0.2, 0.25) is 17.7 Å². The Hall–Kier alpha value is -2.94. The topological polar surface area (TPSA) is 151 Å². The average Bonchev–Trinajstić information content (AvgIpc) is 2.70. The molecule has 160 valence electrons. The summed E-state index contributed by atoms with van der Waals surface area (Å²) in [5, 5.41) is 16.6. The van der Waals surface area contributed by atoms with Crippen molar-refractivity contribution in [2.24, 2.45) is 11.7 Å². The molecule has 0 aliphatic carbocycles. The third-order valence-corrected chi connectivity index (χ3v) is 4.65. The molecule has 29 heavy (non-hydrogen) atoms. The van der Waals surface area contributed by atoms with Crippen LogP contribution in [-0.2, 0) is 25.6 Å². The maximum absolute atomic E-state index is 12.1. The number of carboxylic acids is 1. The van der Waals surface area contributed by atoms with Crippen LogP contribution in [0.15, 0.2) is 30.3 Å². The lowest BCUT2D eigenvalue weighted by molar-refractivity contribution is -0.141. The van der Waals surface area contributed by atoms with Crippen LogP contribution in [0.3, 0.4) is 0 Å². The molecule has 0 aromatic heterocycles. The Morgan fingerprint density at radius 3 is 2.21 bits per heavy atom. The highest BCUT2D eigenvalue weighted by Crippen LogP contribution is 2.05. The fourth-order valence-corrected chi connectivity index (χ4v) is 2.50. The van der Waals surface area contributed by atoms with E-state index in [-0.39, 0.29) is 12.3 Å². The highest BCUT2D eigenvalue weighted by atomic mass is 16.4. The molecule has 9 nitrogen and oxygen atoms in total. The van der Waals surface area contributed by atoms with Gasteiger partial charge in [0, 0.05) is 6.42 Å².